The molecule has 0 bridgehead atoms. The number of hydrogen-bond donors (Lipinski definition) is 1. The number of hydrogen-bond acceptors (Lipinski definition) is 5. The molecule has 0 radical (unpaired) electrons. The standard InChI is InChI=1S/C20H21N5O3/c26-18(17-22-15-3-1-2-4-16(15)23-17)25-8-5-20(6-9-25)11-14(28-19(20)27)12-24-10-7-21-13-24/h1-4,7,10,13-14H,5-6,8-9,11-12H2,(H,22,23). The number of likely N-dealkylation sites (tertiary alicyclic amines) is 1. The fourth-order valence-electron chi connectivity index (χ4n) is 4.32. The van der Waals surface area contributed by atoms with Gasteiger partial charge in [-0.1, -0.05) is 12.1 Å². The Morgan fingerprint density at radius 3 is 2.86 bits per heavy atom. The van der Waals surface area contributed by atoms with Gasteiger partial charge >= 0.3 is 5.97 Å². The molecule has 1 unspecified atom stereocenters. The van der Waals surface area contributed by atoms with Crippen LogP contribution in [0.4, 0.5) is 0 Å². The molecule has 1 atom stereocenters. The Hall–Kier alpha value is -3.16. The van der Waals surface area contributed by atoms with Gasteiger partial charge in [0.05, 0.1) is 29.3 Å². The van der Waals surface area contributed by atoms with Gasteiger partial charge in [-0.3, -0.25) is 9.59 Å². The fraction of sp³-hybridized carbons (Fsp3) is 0.400. The first-order chi connectivity index (χ1) is 13.6. The van der Waals surface area contributed by atoms with Gasteiger partial charge in [0.15, 0.2) is 5.82 Å². The number of nitrogens with zero attached hydrogens (tertiary/aromatic N) is 4. The van der Waals surface area contributed by atoms with Crippen molar-refractivity contribution in [2.45, 2.75) is 31.9 Å². The van der Waals surface area contributed by atoms with E-state index in [2.05, 4.69) is 15.0 Å². The minimum Gasteiger partial charge on any atom is -0.460 e. The van der Waals surface area contributed by atoms with Crippen LogP contribution in [0.2, 0.25) is 0 Å². The number of para-hydroxylation sites is 2. The molecule has 3 aromatic rings. The van der Waals surface area contributed by atoms with Crippen LogP contribution in [-0.4, -0.2) is 55.5 Å². The van der Waals surface area contributed by atoms with Gasteiger partial charge in [-0.2, -0.15) is 0 Å². The molecule has 8 heteroatoms. The molecule has 5 rings (SSSR count). The number of rotatable bonds is 3. The molecule has 2 aliphatic rings. The summed E-state index contributed by atoms with van der Waals surface area (Å²) in [5.74, 6) is 0.102. The highest BCUT2D eigenvalue weighted by Crippen LogP contribution is 2.43. The second kappa shape index (κ2) is 6.47. The van der Waals surface area contributed by atoms with E-state index in [9.17, 15) is 9.59 Å². The summed E-state index contributed by atoms with van der Waals surface area (Å²) in [6, 6.07) is 7.58. The monoisotopic (exact) mass is 379 g/mol. The molecule has 2 fully saturated rings. The summed E-state index contributed by atoms with van der Waals surface area (Å²) in [7, 11) is 0. The number of carbonyl (C=O) groups is 2. The fourth-order valence-corrected chi connectivity index (χ4v) is 4.32. The van der Waals surface area contributed by atoms with Crippen molar-refractivity contribution < 1.29 is 14.3 Å². The van der Waals surface area contributed by atoms with Crippen LogP contribution in [0.3, 0.4) is 0 Å². The first-order valence-electron chi connectivity index (χ1n) is 9.54. The Morgan fingerprint density at radius 1 is 1.29 bits per heavy atom. The van der Waals surface area contributed by atoms with Crippen LogP contribution in [-0.2, 0) is 16.1 Å². The number of aromatic nitrogens is 4. The molecule has 1 N–H and O–H groups in total. The maximum Gasteiger partial charge on any atom is 0.312 e. The molecular weight excluding hydrogens is 358 g/mol. The van der Waals surface area contributed by atoms with Crippen LogP contribution in [0, 0.1) is 5.41 Å². The summed E-state index contributed by atoms with van der Waals surface area (Å²) in [6.07, 6.45) is 7.11. The number of aromatic amines is 1. The SMILES string of the molecule is O=C(c1nc2ccccc2[nH]1)N1CCC2(CC1)CC(Cn1ccnc1)OC2=O. The highest BCUT2D eigenvalue weighted by molar-refractivity contribution is 5.94. The number of benzene rings is 1. The quantitative estimate of drug-likeness (QED) is 0.703. The number of ether oxygens (including phenoxy) is 1. The van der Waals surface area contributed by atoms with Gasteiger partial charge in [-0.25, -0.2) is 9.97 Å². The van der Waals surface area contributed by atoms with Crippen molar-refractivity contribution in [3.8, 4) is 0 Å². The van der Waals surface area contributed by atoms with Crippen molar-refractivity contribution in [2.24, 2.45) is 5.41 Å². The molecule has 2 aliphatic heterocycles. The lowest BCUT2D eigenvalue weighted by Gasteiger charge is -2.36. The van der Waals surface area contributed by atoms with Crippen molar-refractivity contribution >= 4 is 22.9 Å². The van der Waals surface area contributed by atoms with E-state index in [0.29, 0.717) is 44.7 Å². The van der Waals surface area contributed by atoms with Gasteiger partial charge in [0.1, 0.15) is 6.10 Å². The summed E-state index contributed by atoms with van der Waals surface area (Å²) < 4.78 is 7.57. The smallest absolute Gasteiger partial charge is 0.312 e. The zero-order chi connectivity index (χ0) is 19.1. The van der Waals surface area contributed by atoms with Crippen molar-refractivity contribution in [3.05, 3.63) is 48.8 Å². The Labute approximate surface area is 161 Å². The summed E-state index contributed by atoms with van der Waals surface area (Å²) in [5.41, 5.74) is 1.15. The van der Waals surface area contributed by atoms with Gasteiger partial charge in [0.2, 0.25) is 0 Å². The molecule has 144 valence electrons. The lowest BCUT2D eigenvalue weighted by atomic mass is 9.76. The van der Waals surface area contributed by atoms with Crippen molar-refractivity contribution in [1.29, 1.82) is 0 Å². The largest absolute Gasteiger partial charge is 0.460 e. The molecule has 1 spiro atoms. The van der Waals surface area contributed by atoms with Gasteiger partial charge in [0, 0.05) is 31.9 Å². The molecule has 2 saturated heterocycles. The lowest BCUT2D eigenvalue weighted by Crippen LogP contribution is -2.45. The number of amides is 1. The van der Waals surface area contributed by atoms with E-state index in [4.69, 9.17) is 4.74 Å². The van der Waals surface area contributed by atoms with Crippen LogP contribution in [0.5, 0.6) is 0 Å². The Balaban J connectivity index is 1.25. The highest BCUT2D eigenvalue weighted by Gasteiger charge is 2.51. The third kappa shape index (κ3) is 2.85. The van der Waals surface area contributed by atoms with E-state index in [-0.39, 0.29) is 18.0 Å². The zero-order valence-corrected chi connectivity index (χ0v) is 15.4. The summed E-state index contributed by atoms with van der Waals surface area (Å²) >= 11 is 0. The third-order valence-electron chi connectivity index (χ3n) is 5.90. The first-order valence-corrected chi connectivity index (χ1v) is 9.54. The normalized spacial score (nSPS) is 21.4. The zero-order valence-electron chi connectivity index (χ0n) is 15.4. The second-order valence-electron chi connectivity index (χ2n) is 7.67. The summed E-state index contributed by atoms with van der Waals surface area (Å²) in [4.78, 5) is 38.7. The van der Waals surface area contributed by atoms with Gasteiger partial charge < -0.3 is 19.2 Å². The lowest BCUT2D eigenvalue weighted by molar-refractivity contribution is -0.150. The Kier molecular flexibility index (Phi) is 3.92. The number of nitrogens with one attached hydrogen (secondary N) is 1. The van der Waals surface area contributed by atoms with E-state index < -0.39 is 5.41 Å². The van der Waals surface area contributed by atoms with Crippen molar-refractivity contribution in [3.63, 3.8) is 0 Å². The molecule has 0 aliphatic carbocycles. The number of esters is 1. The number of imidazole rings is 2. The van der Waals surface area contributed by atoms with Crippen LogP contribution in [0.25, 0.3) is 11.0 Å². The third-order valence-corrected chi connectivity index (χ3v) is 5.90. The topological polar surface area (TPSA) is 93.1 Å². The molecular formula is C20H21N5O3. The second-order valence-corrected chi connectivity index (χ2v) is 7.67. The van der Waals surface area contributed by atoms with Crippen LogP contribution in [0.1, 0.15) is 29.9 Å². The summed E-state index contributed by atoms with van der Waals surface area (Å²) in [5, 5.41) is 0. The van der Waals surface area contributed by atoms with Gasteiger partial charge in [0.25, 0.3) is 5.91 Å². The molecule has 1 amide bonds. The number of fused-ring (bicyclic) bond motifs is 1. The predicted octanol–water partition coefficient (Wildman–Crippen LogP) is 2.00. The minimum absolute atomic E-state index is 0.118. The molecule has 4 heterocycles. The van der Waals surface area contributed by atoms with Crippen molar-refractivity contribution in [1.82, 2.24) is 24.4 Å². The first kappa shape index (κ1) is 17.0. The molecule has 2 aromatic heterocycles. The van der Waals surface area contributed by atoms with Crippen LogP contribution < -0.4 is 0 Å². The van der Waals surface area contributed by atoms with Crippen molar-refractivity contribution in [2.75, 3.05) is 13.1 Å². The predicted molar refractivity (Wildman–Crippen MR) is 100 cm³/mol. The Bertz CT molecular complexity index is 985. The number of piperidine rings is 1. The average molecular weight is 379 g/mol. The molecule has 8 nitrogen and oxygen atoms in total. The summed E-state index contributed by atoms with van der Waals surface area (Å²) in [6.45, 7) is 1.68. The van der Waals surface area contributed by atoms with Gasteiger partial charge in [-0.15, -0.1) is 0 Å². The Morgan fingerprint density at radius 2 is 2.11 bits per heavy atom. The van der Waals surface area contributed by atoms with E-state index >= 15 is 0 Å². The molecule has 0 saturated carbocycles. The number of H-pyrrole nitrogens is 1. The van der Waals surface area contributed by atoms with E-state index in [0.717, 1.165) is 11.0 Å². The maximum absolute atomic E-state index is 12.8. The maximum atomic E-state index is 12.8. The minimum atomic E-state index is -0.476. The molecule has 1 aromatic carbocycles. The number of carbonyl (C=O) groups excluding carboxylic acids is 2. The highest BCUT2D eigenvalue weighted by atomic mass is 16.6. The van der Waals surface area contributed by atoms with E-state index in [1.807, 2.05) is 35.0 Å². The van der Waals surface area contributed by atoms with E-state index in [1.165, 1.54) is 0 Å². The average Bonchev–Trinajstić information content (AvgIpc) is 3.42. The van der Waals surface area contributed by atoms with Crippen LogP contribution >= 0.6 is 0 Å². The van der Waals surface area contributed by atoms with Crippen LogP contribution in [0.15, 0.2) is 43.0 Å². The molecule has 28 heavy (non-hydrogen) atoms. The van der Waals surface area contributed by atoms with E-state index in [1.54, 1.807) is 17.4 Å². The van der Waals surface area contributed by atoms with Gasteiger partial charge in [-0.05, 0) is 25.0 Å². The number of cyclic esters (lactones) is 1.